The van der Waals surface area contributed by atoms with Crippen LogP contribution in [0.4, 0.5) is 0 Å². The summed E-state index contributed by atoms with van der Waals surface area (Å²) in [6.45, 7) is 6.19. The number of nitrogens with two attached hydrogens (primary N) is 1. The molecule has 0 spiro atoms. The van der Waals surface area contributed by atoms with E-state index in [1.807, 2.05) is 0 Å². The van der Waals surface area contributed by atoms with Crippen molar-refractivity contribution in [2.45, 2.75) is 108 Å². The Bertz CT molecular complexity index is 1640. The van der Waals surface area contributed by atoms with Crippen molar-refractivity contribution in [2.24, 2.45) is 11.7 Å². The van der Waals surface area contributed by atoms with E-state index in [-0.39, 0.29) is 30.9 Å². The summed E-state index contributed by atoms with van der Waals surface area (Å²) in [5, 5.41) is 63.2. The summed E-state index contributed by atoms with van der Waals surface area (Å²) in [6, 6.07) is -4.52. The minimum Gasteiger partial charge on any atom is -0.508 e. The van der Waals surface area contributed by atoms with Gasteiger partial charge in [0, 0.05) is 24.7 Å². The molecule has 0 fully saturated rings. The summed E-state index contributed by atoms with van der Waals surface area (Å²) in [7, 11) is 0. The molecule has 2 aromatic rings. The fourth-order valence-electron chi connectivity index (χ4n) is 5.22. The molecule has 21 nitrogen and oxygen atoms in total. The molecule has 9 atom stereocenters. The number of hydrogen-bond acceptors (Lipinski definition) is 13. The number of nitrogens with zero attached hydrogens (tertiary/aromatic N) is 1. The van der Waals surface area contributed by atoms with Crippen LogP contribution in [0.5, 0.6) is 5.75 Å². The van der Waals surface area contributed by atoms with Crippen molar-refractivity contribution in [2.75, 3.05) is 6.61 Å². The van der Waals surface area contributed by atoms with Crippen LogP contribution in [0.2, 0.25) is 0 Å². The summed E-state index contributed by atoms with van der Waals surface area (Å²) in [4.78, 5) is 97.3. The van der Waals surface area contributed by atoms with E-state index in [0.29, 0.717) is 11.3 Å². The number of carbonyl (C=O) groups is 7. The van der Waals surface area contributed by atoms with Crippen LogP contribution in [0.1, 0.15) is 52.3 Å². The number of aromatic hydroxyl groups is 1. The Balaban J connectivity index is 2.20. The molecular formula is C35H53N9O12. The molecule has 56 heavy (non-hydrogen) atoms. The maximum atomic E-state index is 13.7. The minimum atomic E-state index is -1.69. The van der Waals surface area contributed by atoms with E-state index >= 15 is 0 Å². The van der Waals surface area contributed by atoms with E-state index in [9.17, 15) is 59.1 Å². The highest BCUT2D eigenvalue weighted by molar-refractivity contribution is 5.97. The number of aliphatic hydroxyl groups excluding tert-OH is 3. The third-order valence-corrected chi connectivity index (χ3v) is 8.36. The zero-order valence-corrected chi connectivity index (χ0v) is 31.7. The number of carboxylic acid groups (broad SMARTS) is 1. The van der Waals surface area contributed by atoms with Gasteiger partial charge in [-0.3, -0.25) is 28.8 Å². The Kier molecular flexibility index (Phi) is 18.3. The quantitative estimate of drug-likeness (QED) is 0.0542. The smallest absolute Gasteiger partial charge is 0.328 e. The van der Waals surface area contributed by atoms with E-state index in [4.69, 9.17) is 5.73 Å². The Morgan fingerprint density at radius 1 is 0.696 bits per heavy atom. The van der Waals surface area contributed by atoms with Crippen LogP contribution in [-0.2, 0) is 46.4 Å². The standard InChI is InChI=1S/C35H53N9O12/c1-16(2)10-24(32(52)44-28(19(5)47)35(55)56)41-31(51)25(11-20-6-8-22(48)9-7-20)40-29(49)17(3)39-34(54)27(18(4)46)43-33(53)26(14-45)42-30(50)23(36)12-21-13-37-15-38-21/h6-9,13,15-19,23-28,45-48H,10-12,14,36H2,1-5H3,(H,37,38)(H,39,54)(H,40,49)(H,41,51)(H,42,50)(H,43,53)(H,44,52)(H,55,56)/t17-,18+,19+,23-,24-,25-,26-,27-,28-/m0/s1. The first-order chi connectivity index (χ1) is 26.2. The van der Waals surface area contributed by atoms with Crippen molar-refractivity contribution in [1.29, 1.82) is 0 Å². The van der Waals surface area contributed by atoms with Crippen LogP contribution in [-0.4, -0.2) is 138 Å². The molecule has 0 aliphatic rings. The summed E-state index contributed by atoms with van der Waals surface area (Å²) in [5.41, 5.74) is 6.90. The number of benzene rings is 1. The molecule has 21 heteroatoms. The average molecular weight is 792 g/mol. The molecular weight excluding hydrogens is 738 g/mol. The maximum absolute atomic E-state index is 13.7. The molecule has 1 aromatic carbocycles. The number of nitrogens with one attached hydrogen (secondary N) is 7. The molecule has 0 aliphatic carbocycles. The van der Waals surface area contributed by atoms with E-state index in [1.165, 1.54) is 57.6 Å². The second-order valence-electron chi connectivity index (χ2n) is 13.8. The number of carbonyl (C=O) groups excluding carboxylic acids is 6. The Morgan fingerprint density at radius 3 is 1.75 bits per heavy atom. The molecule has 14 N–H and O–H groups in total. The number of hydrogen-bond donors (Lipinski definition) is 13. The molecule has 0 saturated carbocycles. The number of aliphatic hydroxyl groups is 3. The third-order valence-electron chi connectivity index (χ3n) is 8.36. The zero-order valence-electron chi connectivity index (χ0n) is 31.7. The van der Waals surface area contributed by atoms with Crippen molar-refractivity contribution < 1.29 is 59.1 Å². The molecule has 0 radical (unpaired) electrons. The van der Waals surface area contributed by atoms with Gasteiger partial charge in [-0.2, -0.15) is 0 Å². The lowest BCUT2D eigenvalue weighted by molar-refractivity contribution is -0.145. The highest BCUT2D eigenvalue weighted by atomic mass is 16.4. The van der Waals surface area contributed by atoms with Gasteiger partial charge in [-0.1, -0.05) is 26.0 Å². The molecule has 310 valence electrons. The molecule has 0 saturated heterocycles. The number of phenols is 1. The van der Waals surface area contributed by atoms with Crippen molar-refractivity contribution in [1.82, 2.24) is 41.9 Å². The van der Waals surface area contributed by atoms with Gasteiger partial charge in [0.15, 0.2) is 6.04 Å². The number of imidazole rings is 1. The monoisotopic (exact) mass is 791 g/mol. The van der Waals surface area contributed by atoms with E-state index < -0.39 is 103 Å². The molecule has 1 heterocycles. The minimum absolute atomic E-state index is 0.0345. The van der Waals surface area contributed by atoms with Gasteiger partial charge in [-0.25, -0.2) is 9.78 Å². The van der Waals surface area contributed by atoms with Gasteiger partial charge in [0.1, 0.15) is 36.0 Å². The number of rotatable bonds is 22. The van der Waals surface area contributed by atoms with Crippen molar-refractivity contribution in [3.63, 3.8) is 0 Å². The number of carboxylic acids is 1. The normalized spacial score (nSPS) is 16.0. The Morgan fingerprint density at radius 2 is 1.23 bits per heavy atom. The van der Waals surface area contributed by atoms with E-state index in [1.54, 1.807) is 13.8 Å². The SMILES string of the molecule is CC(C)C[C@H](NC(=O)[C@H](Cc1ccc(O)cc1)NC(=O)[C@H](C)NC(=O)[C@@H](NC(=O)[C@H](CO)NC(=O)[C@@H](N)Cc1cnc[nH]1)[C@@H](C)O)C(=O)N[C@H](C(=O)O)[C@@H](C)O. The zero-order chi connectivity index (χ0) is 42.3. The van der Waals surface area contributed by atoms with Crippen molar-refractivity contribution in [3.8, 4) is 5.75 Å². The van der Waals surface area contributed by atoms with Gasteiger partial charge in [0.2, 0.25) is 35.4 Å². The lowest BCUT2D eigenvalue weighted by Crippen LogP contribution is -2.61. The van der Waals surface area contributed by atoms with Gasteiger partial charge in [0.25, 0.3) is 0 Å². The van der Waals surface area contributed by atoms with Crippen LogP contribution in [0, 0.1) is 5.92 Å². The number of aromatic amines is 1. The predicted octanol–water partition coefficient (Wildman–Crippen LogP) is -3.96. The van der Waals surface area contributed by atoms with Gasteiger partial charge in [0.05, 0.1) is 31.2 Å². The van der Waals surface area contributed by atoms with Crippen LogP contribution in [0.15, 0.2) is 36.8 Å². The lowest BCUT2D eigenvalue weighted by Gasteiger charge is -2.27. The number of aliphatic carboxylic acids is 1. The summed E-state index contributed by atoms with van der Waals surface area (Å²) in [5.74, 6) is -7.35. The van der Waals surface area contributed by atoms with Crippen molar-refractivity contribution >= 4 is 41.4 Å². The first-order valence-electron chi connectivity index (χ1n) is 17.8. The van der Waals surface area contributed by atoms with Crippen molar-refractivity contribution in [3.05, 3.63) is 48.0 Å². The first kappa shape index (κ1) is 46.5. The van der Waals surface area contributed by atoms with Gasteiger partial charge in [-0.15, -0.1) is 0 Å². The third kappa shape index (κ3) is 14.9. The molecule has 0 aliphatic heterocycles. The largest absolute Gasteiger partial charge is 0.508 e. The van der Waals surface area contributed by atoms with Crippen LogP contribution in [0.3, 0.4) is 0 Å². The van der Waals surface area contributed by atoms with Gasteiger partial charge in [-0.05, 0) is 50.8 Å². The highest BCUT2D eigenvalue weighted by Gasteiger charge is 2.35. The second-order valence-corrected chi connectivity index (χ2v) is 13.8. The van der Waals surface area contributed by atoms with E-state index in [0.717, 1.165) is 0 Å². The maximum Gasteiger partial charge on any atom is 0.328 e. The van der Waals surface area contributed by atoms with Gasteiger partial charge >= 0.3 is 5.97 Å². The molecule has 0 unspecified atom stereocenters. The molecule has 1 aromatic heterocycles. The summed E-state index contributed by atoms with van der Waals surface area (Å²) >= 11 is 0. The fourth-order valence-corrected chi connectivity index (χ4v) is 5.22. The van der Waals surface area contributed by atoms with Crippen LogP contribution >= 0.6 is 0 Å². The lowest BCUT2D eigenvalue weighted by atomic mass is 10.00. The first-order valence-corrected chi connectivity index (χ1v) is 17.8. The molecule has 0 bridgehead atoms. The van der Waals surface area contributed by atoms with Gasteiger partial charge < -0.3 is 68.2 Å². The Labute approximate surface area is 322 Å². The predicted molar refractivity (Wildman–Crippen MR) is 197 cm³/mol. The van der Waals surface area contributed by atoms with E-state index in [2.05, 4.69) is 41.9 Å². The Hall–Kier alpha value is -5.64. The fraction of sp³-hybridized carbons (Fsp3) is 0.543. The highest BCUT2D eigenvalue weighted by Crippen LogP contribution is 2.13. The number of aromatic nitrogens is 2. The van der Waals surface area contributed by atoms with Crippen LogP contribution in [0.25, 0.3) is 0 Å². The molecule has 6 amide bonds. The molecule has 2 rings (SSSR count). The number of phenolic OH excluding ortho intramolecular Hbond substituents is 1. The van der Waals surface area contributed by atoms with Crippen LogP contribution < -0.4 is 37.6 Å². The topological polar surface area (TPSA) is 348 Å². The number of H-pyrrole nitrogens is 1. The summed E-state index contributed by atoms with van der Waals surface area (Å²) in [6.07, 6.45) is -0.270. The number of amides is 6. The summed E-state index contributed by atoms with van der Waals surface area (Å²) < 4.78 is 0. The second kappa shape index (κ2) is 22.0. The average Bonchev–Trinajstić information content (AvgIpc) is 3.63.